The highest BCUT2D eigenvalue weighted by molar-refractivity contribution is 5.30. The van der Waals surface area contributed by atoms with Crippen LogP contribution in [0, 0.1) is 0 Å². The Labute approximate surface area is 121 Å². The van der Waals surface area contributed by atoms with Gasteiger partial charge in [0.1, 0.15) is 5.75 Å². The van der Waals surface area contributed by atoms with Crippen molar-refractivity contribution in [2.75, 3.05) is 20.2 Å². The van der Waals surface area contributed by atoms with E-state index < -0.39 is 0 Å². The number of fused-ring (bicyclic) bond motifs is 1. The van der Waals surface area contributed by atoms with Crippen LogP contribution in [-0.2, 0) is 19.4 Å². The molecule has 1 heterocycles. The SMILES string of the molecule is COc1cccc(CCN2CCc3ccccc3C2)c1. The van der Waals surface area contributed by atoms with Gasteiger partial charge in [0.25, 0.3) is 0 Å². The Morgan fingerprint density at radius 1 is 1.05 bits per heavy atom. The number of rotatable bonds is 4. The van der Waals surface area contributed by atoms with Crippen molar-refractivity contribution in [2.45, 2.75) is 19.4 Å². The summed E-state index contributed by atoms with van der Waals surface area (Å²) >= 11 is 0. The number of methoxy groups -OCH3 is 1. The largest absolute Gasteiger partial charge is 0.497 e. The minimum Gasteiger partial charge on any atom is -0.497 e. The van der Waals surface area contributed by atoms with Crippen molar-refractivity contribution in [2.24, 2.45) is 0 Å². The standard InChI is InChI=1S/C18H21NO/c1-20-18-8-4-5-15(13-18)9-11-19-12-10-16-6-2-3-7-17(16)14-19/h2-8,13H,9-12,14H2,1H3. The first-order valence-corrected chi connectivity index (χ1v) is 7.27. The molecule has 0 saturated carbocycles. The molecule has 3 rings (SSSR count). The Morgan fingerprint density at radius 3 is 2.75 bits per heavy atom. The molecular formula is C18H21NO. The van der Waals surface area contributed by atoms with Gasteiger partial charge in [0.05, 0.1) is 7.11 Å². The van der Waals surface area contributed by atoms with Crippen LogP contribution in [0.15, 0.2) is 48.5 Å². The fourth-order valence-corrected chi connectivity index (χ4v) is 2.86. The van der Waals surface area contributed by atoms with Crippen LogP contribution in [0.3, 0.4) is 0 Å². The molecule has 0 amide bonds. The van der Waals surface area contributed by atoms with Gasteiger partial charge in [0.2, 0.25) is 0 Å². The Kier molecular flexibility index (Phi) is 4.03. The average Bonchev–Trinajstić information content (AvgIpc) is 2.53. The van der Waals surface area contributed by atoms with E-state index >= 15 is 0 Å². The van der Waals surface area contributed by atoms with Gasteiger partial charge in [-0.05, 0) is 41.7 Å². The zero-order valence-electron chi connectivity index (χ0n) is 12.0. The lowest BCUT2D eigenvalue weighted by molar-refractivity contribution is 0.257. The molecule has 0 fully saturated rings. The van der Waals surface area contributed by atoms with Crippen molar-refractivity contribution >= 4 is 0 Å². The van der Waals surface area contributed by atoms with E-state index in [9.17, 15) is 0 Å². The number of hydrogen-bond donors (Lipinski definition) is 0. The van der Waals surface area contributed by atoms with Crippen LogP contribution in [0.1, 0.15) is 16.7 Å². The Hall–Kier alpha value is -1.80. The van der Waals surface area contributed by atoms with Crippen LogP contribution in [0.2, 0.25) is 0 Å². The predicted molar refractivity (Wildman–Crippen MR) is 82.1 cm³/mol. The summed E-state index contributed by atoms with van der Waals surface area (Å²) in [4.78, 5) is 2.54. The molecule has 0 unspecified atom stereocenters. The van der Waals surface area contributed by atoms with E-state index in [-0.39, 0.29) is 0 Å². The zero-order valence-corrected chi connectivity index (χ0v) is 12.0. The lowest BCUT2D eigenvalue weighted by Crippen LogP contribution is -2.32. The third-order valence-corrected chi connectivity index (χ3v) is 4.06. The Bertz CT molecular complexity index is 579. The molecule has 0 radical (unpaired) electrons. The fourth-order valence-electron chi connectivity index (χ4n) is 2.86. The van der Waals surface area contributed by atoms with E-state index in [0.29, 0.717) is 0 Å². The second kappa shape index (κ2) is 6.10. The van der Waals surface area contributed by atoms with Crippen LogP contribution in [0.5, 0.6) is 5.75 Å². The van der Waals surface area contributed by atoms with Crippen LogP contribution in [0.4, 0.5) is 0 Å². The summed E-state index contributed by atoms with van der Waals surface area (Å²) in [5.41, 5.74) is 4.36. The highest BCUT2D eigenvalue weighted by atomic mass is 16.5. The maximum Gasteiger partial charge on any atom is 0.119 e. The number of ether oxygens (including phenoxy) is 1. The zero-order chi connectivity index (χ0) is 13.8. The molecular weight excluding hydrogens is 246 g/mol. The minimum atomic E-state index is 0.950. The molecule has 0 bridgehead atoms. The van der Waals surface area contributed by atoms with Crippen molar-refractivity contribution in [3.63, 3.8) is 0 Å². The first-order valence-electron chi connectivity index (χ1n) is 7.27. The first kappa shape index (κ1) is 13.2. The van der Waals surface area contributed by atoms with Gasteiger partial charge >= 0.3 is 0 Å². The van der Waals surface area contributed by atoms with Crippen LogP contribution < -0.4 is 4.74 Å². The summed E-state index contributed by atoms with van der Waals surface area (Å²) in [5.74, 6) is 0.950. The van der Waals surface area contributed by atoms with Gasteiger partial charge in [-0.2, -0.15) is 0 Å². The highest BCUT2D eigenvalue weighted by Gasteiger charge is 2.15. The quantitative estimate of drug-likeness (QED) is 0.843. The molecule has 20 heavy (non-hydrogen) atoms. The normalized spacial score (nSPS) is 14.8. The Morgan fingerprint density at radius 2 is 1.90 bits per heavy atom. The van der Waals surface area contributed by atoms with Crippen LogP contribution in [0.25, 0.3) is 0 Å². The van der Waals surface area contributed by atoms with Gasteiger partial charge in [-0.3, -0.25) is 4.90 Å². The van der Waals surface area contributed by atoms with Gasteiger partial charge < -0.3 is 4.74 Å². The summed E-state index contributed by atoms with van der Waals surface area (Å²) < 4.78 is 5.28. The van der Waals surface area contributed by atoms with Crippen molar-refractivity contribution in [1.82, 2.24) is 4.90 Å². The third-order valence-electron chi connectivity index (χ3n) is 4.06. The summed E-state index contributed by atoms with van der Waals surface area (Å²) in [7, 11) is 1.72. The average molecular weight is 267 g/mol. The lowest BCUT2D eigenvalue weighted by atomic mass is 9.99. The van der Waals surface area contributed by atoms with Crippen molar-refractivity contribution in [3.8, 4) is 5.75 Å². The fraction of sp³-hybridized carbons (Fsp3) is 0.333. The highest BCUT2D eigenvalue weighted by Crippen LogP contribution is 2.19. The van der Waals surface area contributed by atoms with Gasteiger partial charge in [-0.1, -0.05) is 36.4 Å². The summed E-state index contributed by atoms with van der Waals surface area (Å²) in [6, 6.07) is 17.2. The van der Waals surface area contributed by atoms with Gasteiger partial charge in [0.15, 0.2) is 0 Å². The molecule has 2 aromatic rings. The van der Waals surface area contributed by atoms with Gasteiger partial charge in [-0.15, -0.1) is 0 Å². The Balaban J connectivity index is 1.60. The summed E-state index contributed by atoms with van der Waals surface area (Å²) in [5, 5.41) is 0. The molecule has 0 atom stereocenters. The van der Waals surface area contributed by atoms with E-state index in [1.165, 1.54) is 29.7 Å². The molecule has 2 heteroatoms. The summed E-state index contributed by atoms with van der Waals surface area (Å²) in [6.07, 6.45) is 2.26. The molecule has 0 spiro atoms. The molecule has 0 aliphatic carbocycles. The van der Waals surface area contributed by atoms with Crippen molar-refractivity contribution in [3.05, 3.63) is 65.2 Å². The minimum absolute atomic E-state index is 0.950. The maximum absolute atomic E-state index is 5.28. The van der Waals surface area contributed by atoms with E-state index in [2.05, 4.69) is 47.4 Å². The molecule has 104 valence electrons. The predicted octanol–water partition coefficient (Wildman–Crippen LogP) is 3.30. The number of hydrogen-bond acceptors (Lipinski definition) is 2. The molecule has 0 N–H and O–H groups in total. The van der Waals surface area contributed by atoms with Crippen molar-refractivity contribution < 1.29 is 4.74 Å². The molecule has 1 aliphatic heterocycles. The molecule has 0 aromatic heterocycles. The monoisotopic (exact) mass is 267 g/mol. The topological polar surface area (TPSA) is 12.5 Å². The molecule has 1 aliphatic rings. The maximum atomic E-state index is 5.28. The molecule has 2 aromatic carbocycles. The van der Waals surface area contributed by atoms with E-state index in [0.717, 1.165) is 25.3 Å². The van der Waals surface area contributed by atoms with Gasteiger partial charge in [-0.25, -0.2) is 0 Å². The number of nitrogens with zero attached hydrogens (tertiary/aromatic N) is 1. The van der Waals surface area contributed by atoms with E-state index in [4.69, 9.17) is 4.74 Å². The third kappa shape index (κ3) is 3.02. The lowest BCUT2D eigenvalue weighted by Gasteiger charge is -2.28. The second-order valence-electron chi connectivity index (χ2n) is 5.40. The second-order valence-corrected chi connectivity index (χ2v) is 5.40. The van der Waals surface area contributed by atoms with Crippen molar-refractivity contribution in [1.29, 1.82) is 0 Å². The van der Waals surface area contributed by atoms with Gasteiger partial charge in [0, 0.05) is 19.6 Å². The van der Waals surface area contributed by atoms with E-state index in [1.807, 2.05) is 6.07 Å². The molecule has 0 saturated heterocycles. The van der Waals surface area contributed by atoms with Crippen LogP contribution >= 0.6 is 0 Å². The van der Waals surface area contributed by atoms with Crippen LogP contribution in [-0.4, -0.2) is 25.1 Å². The molecule has 2 nitrogen and oxygen atoms in total. The summed E-state index contributed by atoms with van der Waals surface area (Å²) in [6.45, 7) is 3.36. The number of benzene rings is 2. The van der Waals surface area contributed by atoms with E-state index in [1.54, 1.807) is 7.11 Å². The smallest absolute Gasteiger partial charge is 0.119 e. The first-order chi connectivity index (χ1) is 9.85.